The molecule has 1 aliphatic carbocycles. The molecule has 29 heavy (non-hydrogen) atoms. The highest BCUT2D eigenvalue weighted by atomic mass is 32.2. The van der Waals surface area contributed by atoms with Gasteiger partial charge in [0, 0.05) is 18.4 Å². The minimum Gasteiger partial charge on any atom is -0.444 e. The number of carbonyl (C=O) groups excluding carboxylic acids is 2. The van der Waals surface area contributed by atoms with Crippen LogP contribution in [-0.2, 0) is 14.6 Å². The van der Waals surface area contributed by atoms with Crippen LogP contribution in [0.2, 0.25) is 0 Å². The first-order valence-corrected chi connectivity index (χ1v) is 11.9. The van der Waals surface area contributed by atoms with Gasteiger partial charge in [0.25, 0.3) is 5.91 Å². The second-order valence-corrected chi connectivity index (χ2v) is 10.8. The van der Waals surface area contributed by atoms with Crippen molar-refractivity contribution in [1.82, 2.24) is 10.6 Å². The van der Waals surface area contributed by atoms with Gasteiger partial charge in [-0.1, -0.05) is 31.7 Å². The number of hydrogen-bond acceptors (Lipinski definition) is 5. The molecule has 0 heterocycles. The molecule has 0 spiro atoms. The molecule has 1 fully saturated rings. The zero-order chi connectivity index (χ0) is 21.7. The van der Waals surface area contributed by atoms with Gasteiger partial charge in [-0.25, -0.2) is 13.2 Å². The van der Waals surface area contributed by atoms with Crippen LogP contribution >= 0.6 is 0 Å². The van der Waals surface area contributed by atoms with E-state index in [-0.39, 0.29) is 22.9 Å². The van der Waals surface area contributed by atoms with Gasteiger partial charge in [0.15, 0.2) is 9.84 Å². The molecule has 162 valence electrons. The summed E-state index contributed by atoms with van der Waals surface area (Å²) in [5.41, 5.74) is -0.914. The Kier molecular flexibility index (Phi) is 7.32. The smallest absolute Gasteiger partial charge is 0.408 e. The Morgan fingerprint density at radius 3 is 2.28 bits per heavy atom. The molecule has 0 saturated heterocycles. The Hall–Kier alpha value is -2.09. The van der Waals surface area contributed by atoms with Crippen molar-refractivity contribution in [2.45, 2.75) is 75.3 Å². The Bertz CT molecular complexity index is 835. The minimum absolute atomic E-state index is 0.0983. The summed E-state index contributed by atoms with van der Waals surface area (Å²) in [5.74, 6) is -0.370. The van der Waals surface area contributed by atoms with Gasteiger partial charge in [-0.05, 0) is 51.8 Å². The lowest BCUT2D eigenvalue weighted by Gasteiger charge is -2.35. The maximum Gasteiger partial charge on any atom is 0.408 e. The highest BCUT2D eigenvalue weighted by Crippen LogP contribution is 2.27. The number of benzene rings is 1. The van der Waals surface area contributed by atoms with Gasteiger partial charge in [-0.15, -0.1) is 0 Å². The van der Waals surface area contributed by atoms with Gasteiger partial charge in [0.05, 0.1) is 10.4 Å². The van der Waals surface area contributed by atoms with Crippen LogP contribution in [0.1, 0.15) is 69.7 Å². The number of rotatable bonds is 5. The van der Waals surface area contributed by atoms with Gasteiger partial charge < -0.3 is 15.4 Å². The lowest BCUT2D eigenvalue weighted by molar-refractivity contribution is 0.0437. The summed E-state index contributed by atoms with van der Waals surface area (Å²) >= 11 is 0. The van der Waals surface area contributed by atoms with Gasteiger partial charge >= 0.3 is 6.09 Å². The molecule has 0 bridgehead atoms. The van der Waals surface area contributed by atoms with E-state index in [0.29, 0.717) is 0 Å². The van der Waals surface area contributed by atoms with Crippen LogP contribution in [0.3, 0.4) is 0 Å². The normalized spacial score (nSPS) is 17.1. The van der Waals surface area contributed by atoms with Crippen molar-refractivity contribution in [3.63, 3.8) is 0 Å². The number of carbonyl (C=O) groups is 2. The summed E-state index contributed by atoms with van der Waals surface area (Å²) < 4.78 is 28.9. The fourth-order valence-corrected chi connectivity index (χ4v) is 4.16. The maximum absolute atomic E-state index is 12.7. The summed E-state index contributed by atoms with van der Waals surface area (Å²) in [5, 5.41) is 5.88. The van der Waals surface area contributed by atoms with E-state index >= 15 is 0 Å². The average Bonchev–Trinajstić information content (AvgIpc) is 2.83. The highest BCUT2D eigenvalue weighted by molar-refractivity contribution is 7.90. The first-order valence-electron chi connectivity index (χ1n) is 10.00. The number of sulfone groups is 1. The van der Waals surface area contributed by atoms with Crippen LogP contribution < -0.4 is 10.6 Å². The molecule has 0 atom stereocenters. The van der Waals surface area contributed by atoms with Crippen LogP contribution in [-0.4, -0.2) is 44.4 Å². The van der Waals surface area contributed by atoms with Crippen LogP contribution in [0, 0.1) is 0 Å². The summed E-state index contributed by atoms with van der Waals surface area (Å²) in [6.45, 7) is 5.68. The van der Waals surface area contributed by atoms with E-state index in [1.165, 1.54) is 12.1 Å². The quantitative estimate of drug-likeness (QED) is 0.705. The van der Waals surface area contributed by atoms with E-state index < -0.39 is 27.1 Å². The largest absolute Gasteiger partial charge is 0.444 e. The van der Waals surface area contributed by atoms with Crippen molar-refractivity contribution in [1.29, 1.82) is 0 Å². The highest BCUT2D eigenvalue weighted by Gasteiger charge is 2.34. The number of nitrogens with one attached hydrogen (secondary N) is 2. The predicted molar refractivity (Wildman–Crippen MR) is 112 cm³/mol. The Balaban J connectivity index is 2.13. The van der Waals surface area contributed by atoms with Gasteiger partial charge in [0.2, 0.25) is 0 Å². The molecule has 8 heteroatoms. The van der Waals surface area contributed by atoms with Crippen LogP contribution in [0.15, 0.2) is 29.2 Å². The molecule has 2 rings (SSSR count). The molecule has 0 unspecified atom stereocenters. The lowest BCUT2D eigenvalue weighted by atomic mass is 9.90. The number of alkyl carbamates (subject to hydrolysis) is 1. The SMILES string of the molecule is CC(C)(C)OC(=O)NC1(CNC(=O)c2cccc(S(C)(=O)=O)c2)CCCCCC1. The van der Waals surface area contributed by atoms with Crippen LogP contribution in [0.25, 0.3) is 0 Å². The third kappa shape index (κ3) is 7.34. The van der Waals surface area contributed by atoms with Crippen molar-refractivity contribution >= 4 is 21.8 Å². The second kappa shape index (κ2) is 9.15. The van der Waals surface area contributed by atoms with E-state index in [9.17, 15) is 18.0 Å². The first kappa shape index (κ1) is 23.2. The number of hydrogen-bond donors (Lipinski definition) is 2. The van der Waals surface area contributed by atoms with E-state index in [2.05, 4.69) is 10.6 Å². The molecule has 1 aliphatic rings. The van der Waals surface area contributed by atoms with E-state index in [0.717, 1.165) is 44.8 Å². The topological polar surface area (TPSA) is 102 Å². The Morgan fingerprint density at radius 2 is 1.72 bits per heavy atom. The molecule has 0 radical (unpaired) electrons. The van der Waals surface area contributed by atoms with Gasteiger partial charge in [-0.2, -0.15) is 0 Å². The molecular formula is C21H32N2O5S. The second-order valence-electron chi connectivity index (χ2n) is 8.80. The minimum atomic E-state index is -3.40. The van der Waals surface area contributed by atoms with Crippen molar-refractivity contribution in [3.8, 4) is 0 Å². The standard InChI is InChI=1S/C21H32N2O5S/c1-20(2,3)28-19(25)23-21(12-7-5-6-8-13-21)15-22-18(24)16-10-9-11-17(14-16)29(4,26)27/h9-11,14H,5-8,12-13,15H2,1-4H3,(H,22,24)(H,23,25). The van der Waals surface area contributed by atoms with Crippen LogP contribution in [0.5, 0.6) is 0 Å². The molecule has 0 aromatic heterocycles. The fraction of sp³-hybridized carbons (Fsp3) is 0.619. The first-order chi connectivity index (χ1) is 13.4. The fourth-order valence-electron chi connectivity index (χ4n) is 3.49. The van der Waals surface area contributed by atoms with Crippen LogP contribution in [0.4, 0.5) is 4.79 Å². The lowest BCUT2D eigenvalue weighted by Crippen LogP contribution is -2.56. The van der Waals surface area contributed by atoms with Crippen molar-refractivity contribution < 1.29 is 22.7 Å². The van der Waals surface area contributed by atoms with Crippen molar-refractivity contribution in [2.24, 2.45) is 0 Å². The Labute approximate surface area is 173 Å². The summed E-state index contributed by atoms with van der Waals surface area (Å²) in [6.07, 6.45) is 6.18. The Morgan fingerprint density at radius 1 is 1.10 bits per heavy atom. The molecular weight excluding hydrogens is 392 g/mol. The summed E-state index contributed by atoms with van der Waals surface area (Å²) in [4.78, 5) is 25.2. The third-order valence-corrected chi connectivity index (χ3v) is 6.05. The zero-order valence-electron chi connectivity index (χ0n) is 17.7. The van der Waals surface area contributed by atoms with Crippen molar-refractivity contribution in [3.05, 3.63) is 29.8 Å². The summed E-state index contributed by atoms with van der Waals surface area (Å²) in [6, 6.07) is 5.95. The molecule has 1 saturated carbocycles. The molecule has 1 aromatic carbocycles. The summed E-state index contributed by atoms with van der Waals surface area (Å²) in [7, 11) is -3.40. The molecule has 0 aliphatic heterocycles. The number of amides is 2. The predicted octanol–water partition coefficient (Wildman–Crippen LogP) is 3.44. The van der Waals surface area contributed by atoms with E-state index in [1.807, 2.05) is 20.8 Å². The molecule has 7 nitrogen and oxygen atoms in total. The monoisotopic (exact) mass is 424 g/mol. The van der Waals surface area contributed by atoms with Crippen molar-refractivity contribution in [2.75, 3.05) is 12.8 Å². The maximum atomic E-state index is 12.7. The van der Waals surface area contributed by atoms with Gasteiger partial charge in [-0.3, -0.25) is 4.79 Å². The van der Waals surface area contributed by atoms with Gasteiger partial charge in [0.1, 0.15) is 5.60 Å². The molecule has 2 amide bonds. The van der Waals surface area contributed by atoms with E-state index in [1.54, 1.807) is 12.1 Å². The van der Waals surface area contributed by atoms with E-state index in [4.69, 9.17) is 4.74 Å². The number of ether oxygens (including phenoxy) is 1. The zero-order valence-corrected chi connectivity index (χ0v) is 18.5. The molecule has 1 aromatic rings. The average molecular weight is 425 g/mol. The third-order valence-electron chi connectivity index (χ3n) is 4.94. The molecule has 2 N–H and O–H groups in total.